The van der Waals surface area contributed by atoms with Gasteiger partial charge >= 0.3 is 0 Å². The van der Waals surface area contributed by atoms with Crippen LogP contribution in [0, 0.1) is 16.6 Å². The number of benzene rings is 2. The summed E-state index contributed by atoms with van der Waals surface area (Å²) in [7, 11) is 1.53. The van der Waals surface area contributed by atoms with E-state index in [2.05, 4.69) is 20.6 Å². The average molecular weight is 486 g/mol. The molecule has 0 radical (unpaired) electrons. The van der Waals surface area contributed by atoms with Gasteiger partial charge in [0.05, 0.1) is 30.5 Å². The van der Waals surface area contributed by atoms with Crippen molar-refractivity contribution in [3.63, 3.8) is 0 Å². The molecule has 2 aromatic heterocycles. The van der Waals surface area contributed by atoms with Crippen molar-refractivity contribution in [2.24, 2.45) is 0 Å². The summed E-state index contributed by atoms with van der Waals surface area (Å²) in [5, 5.41) is 20.6. The number of fused-ring (bicyclic) bond motifs is 1. The fraction of sp³-hybridized carbons (Fsp3) is 0.154. The predicted molar refractivity (Wildman–Crippen MR) is 136 cm³/mol. The number of aromatic nitrogens is 3. The number of carbonyl (C=O) groups is 1. The summed E-state index contributed by atoms with van der Waals surface area (Å²) >= 11 is 0. The Morgan fingerprint density at radius 3 is 2.64 bits per heavy atom. The highest BCUT2D eigenvalue weighted by Crippen LogP contribution is 2.31. The number of hydrogen-bond acceptors (Lipinski definition) is 7. The summed E-state index contributed by atoms with van der Waals surface area (Å²) in [6.07, 6.45) is 3.55. The van der Waals surface area contributed by atoms with Crippen molar-refractivity contribution >= 4 is 29.0 Å². The molecule has 182 valence electrons. The van der Waals surface area contributed by atoms with Crippen molar-refractivity contribution in [1.82, 2.24) is 25.6 Å². The molecule has 0 aliphatic rings. The second-order valence-corrected chi connectivity index (χ2v) is 7.85. The molecular formula is C26H24FN7O2. The number of methoxy groups -OCH3 is 1. The number of hydrogen-bond donors (Lipinski definition) is 4. The Labute approximate surface area is 206 Å². The van der Waals surface area contributed by atoms with Crippen LogP contribution in [0.1, 0.15) is 23.2 Å². The zero-order chi connectivity index (χ0) is 25.5. The van der Waals surface area contributed by atoms with Crippen molar-refractivity contribution in [1.29, 1.82) is 10.8 Å². The Morgan fingerprint density at radius 2 is 1.89 bits per heavy atom. The number of amides is 1. The van der Waals surface area contributed by atoms with Gasteiger partial charge in [-0.2, -0.15) is 0 Å². The Balaban J connectivity index is 1.69. The molecule has 2 heterocycles. The summed E-state index contributed by atoms with van der Waals surface area (Å²) in [5.74, 6) is 0.416. The van der Waals surface area contributed by atoms with Gasteiger partial charge in [0.1, 0.15) is 5.82 Å². The molecule has 4 N–H and O–H groups in total. The molecule has 0 unspecified atom stereocenters. The maximum atomic E-state index is 13.5. The standard InChI is InChI=1S/C26H24FN7O2/c1-36-23-14-17(10-12-30-23)24-20-9-6-18(26(35)31-11-2-3-22(29)32-15-28)13-21(20)33-25(34-24)16-4-7-19(27)8-5-16/h4-10,12-15H,2-3,11H2,1H3,(H,31,35)(H3,28,29,32). The minimum atomic E-state index is -0.360. The molecule has 10 heteroatoms. The normalized spacial score (nSPS) is 10.6. The van der Waals surface area contributed by atoms with Gasteiger partial charge in [-0.1, -0.05) is 0 Å². The van der Waals surface area contributed by atoms with E-state index in [0.29, 0.717) is 53.4 Å². The SMILES string of the molecule is COc1cc(-c2nc(-c3ccc(F)cc3)nc3cc(C(=O)NCCCC(=N)NC=N)ccc23)ccn1. The summed E-state index contributed by atoms with van der Waals surface area (Å²) in [6, 6.07) is 14.7. The van der Waals surface area contributed by atoms with Gasteiger partial charge in [-0.25, -0.2) is 19.3 Å². The molecule has 0 saturated carbocycles. The summed E-state index contributed by atoms with van der Waals surface area (Å²) in [4.78, 5) is 26.3. The van der Waals surface area contributed by atoms with Crippen molar-refractivity contribution in [3.8, 4) is 28.5 Å². The lowest BCUT2D eigenvalue weighted by atomic mass is 10.0. The molecule has 0 spiro atoms. The Kier molecular flexibility index (Phi) is 7.54. The monoisotopic (exact) mass is 485 g/mol. The molecule has 2 aromatic carbocycles. The van der Waals surface area contributed by atoms with Crippen LogP contribution in [0.5, 0.6) is 5.88 Å². The summed E-state index contributed by atoms with van der Waals surface area (Å²) in [5.41, 5.74) is 3.01. The van der Waals surface area contributed by atoms with Crippen LogP contribution in [0.2, 0.25) is 0 Å². The second-order valence-electron chi connectivity index (χ2n) is 7.85. The fourth-order valence-electron chi connectivity index (χ4n) is 3.62. The van der Waals surface area contributed by atoms with Crippen LogP contribution in [0.25, 0.3) is 33.5 Å². The molecular weight excluding hydrogens is 461 g/mol. The Morgan fingerprint density at radius 1 is 1.08 bits per heavy atom. The topological polar surface area (TPSA) is 137 Å². The Hall–Kier alpha value is -4.73. The van der Waals surface area contributed by atoms with Gasteiger partial charge in [-0.05, 0) is 55.0 Å². The van der Waals surface area contributed by atoms with E-state index in [0.717, 1.165) is 17.3 Å². The second kappa shape index (κ2) is 11.1. The molecule has 1 amide bonds. The van der Waals surface area contributed by atoms with E-state index >= 15 is 0 Å². The van der Waals surface area contributed by atoms with Crippen LogP contribution in [0.15, 0.2) is 60.8 Å². The highest BCUT2D eigenvalue weighted by molar-refractivity contribution is 6.01. The van der Waals surface area contributed by atoms with Crippen LogP contribution in [0.4, 0.5) is 4.39 Å². The molecule has 0 atom stereocenters. The zero-order valence-corrected chi connectivity index (χ0v) is 19.5. The van der Waals surface area contributed by atoms with E-state index in [9.17, 15) is 9.18 Å². The number of nitrogens with zero attached hydrogens (tertiary/aromatic N) is 3. The number of amidine groups is 1. The van der Waals surface area contributed by atoms with Crippen LogP contribution in [0.3, 0.4) is 0 Å². The summed E-state index contributed by atoms with van der Waals surface area (Å²) in [6.45, 7) is 0.381. The van der Waals surface area contributed by atoms with Crippen molar-refractivity contribution in [2.45, 2.75) is 12.8 Å². The molecule has 4 aromatic rings. The van der Waals surface area contributed by atoms with Crippen LogP contribution >= 0.6 is 0 Å². The number of ether oxygens (including phenoxy) is 1. The maximum absolute atomic E-state index is 13.5. The van der Waals surface area contributed by atoms with E-state index in [-0.39, 0.29) is 17.6 Å². The molecule has 9 nitrogen and oxygen atoms in total. The quantitative estimate of drug-likeness (QED) is 0.159. The van der Waals surface area contributed by atoms with Crippen molar-refractivity contribution < 1.29 is 13.9 Å². The van der Waals surface area contributed by atoms with E-state index in [1.165, 1.54) is 19.2 Å². The molecule has 0 fully saturated rings. The molecule has 0 aliphatic carbocycles. The third-order valence-electron chi connectivity index (χ3n) is 5.41. The molecule has 4 rings (SSSR count). The minimum Gasteiger partial charge on any atom is -0.481 e. The molecule has 0 saturated heterocycles. The van der Waals surface area contributed by atoms with Gasteiger partial charge in [-0.15, -0.1) is 0 Å². The van der Waals surface area contributed by atoms with E-state index in [1.807, 2.05) is 6.07 Å². The van der Waals surface area contributed by atoms with Crippen LogP contribution in [-0.2, 0) is 0 Å². The molecule has 0 bridgehead atoms. The van der Waals surface area contributed by atoms with Gasteiger partial charge in [0.15, 0.2) is 5.82 Å². The first-order valence-corrected chi connectivity index (χ1v) is 11.2. The number of halogens is 1. The largest absolute Gasteiger partial charge is 0.481 e. The van der Waals surface area contributed by atoms with Crippen LogP contribution < -0.4 is 15.4 Å². The lowest BCUT2D eigenvalue weighted by Gasteiger charge is -2.12. The van der Waals surface area contributed by atoms with Gasteiger partial charge in [-0.3, -0.25) is 15.6 Å². The van der Waals surface area contributed by atoms with Crippen molar-refractivity contribution in [3.05, 3.63) is 72.2 Å². The third kappa shape index (κ3) is 5.66. The van der Waals surface area contributed by atoms with Gasteiger partial charge in [0.2, 0.25) is 5.88 Å². The lowest BCUT2D eigenvalue weighted by molar-refractivity contribution is 0.0953. The first-order chi connectivity index (χ1) is 17.5. The smallest absolute Gasteiger partial charge is 0.251 e. The maximum Gasteiger partial charge on any atom is 0.251 e. The highest BCUT2D eigenvalue weighted by Gasteiger charge is 2.15. The zero-order valence-electron chi connectivity index (χ0n) is 19.5. The average Bonchev–Trinajstić information content (AvgIpc) is 2.90. The van der Waals surface area contributed by atoms with Gasteiger partial charge < -0.3 is 15.4 Å². The van der Waals surface area contributed by atoms with E-state index in [1.54, 1.807) is 42.6 Å². The van der Waals surface area contributed by atoms with E-state index < -0.39 is 0 Å². The highest BCUT2D eigenvalue weighted by atomic mass is 19.1. The number of nitrogens with one attached hydrogen (secondary N) is 4. The predicted octanol–water partition coefficient (Wildman–Crippen LogP) is 4.19. The first kappa shape index (κ1) is 24.4. The van der Waals surface area contributed by atoms with E-state index in [4.69, 9.17) is 20.5 Å². The van der Waals surface area contributed by atoms with Gasteiger partial charge in [0.25, 0.3) is 5.91 Å². The number of rotatable bonds is 9. The first-order valence-electron chi connectivity index (χ1n) is 11.2. The third-order valence-corrected chi connectivity index (χ3v) is 5.41. The molecule has 36 heavy (non-hydrogen) atoms. The fourth-order valence-corrected chi connectivity index (χ4v) is 3.62. The van der Waals surface area contributed by atoms with Gasteiger partial charge in [0, 0.05) is 47.3 Å². The number of carbonyl (C=O) groups excluding carboxylic acids is 1. The summed E-state index contributed by atoms with van der Waals surface area (Å²) < 4.78 is 18.8. The Bertz CT molecular complexity index is 1420. The number of pyridine rings is 1. The van der Waals surface area contributed by atoms with Crippen LogP contribution in [-0.4, -0.2) is 46.7 Å². The minimum absolute atomic E-state index is 0.218. The lowest BCUT2D eigenvalue weighted by Crippen LogP contribution is -2.26. The molecule has 0 aliphatic heterocycles. The van der Waals surface area contributed by atoms with Crippen molar-refractivity contribution in [2.75, 3.05) is 13.7 Å².